The van der Waals surface area contributed by atoms with Crippen LogP contribution in [-0.2, 0) is 12.8 Å². The second kappa shape index (κ2) is 10.9. The Bertz CT molecular complexity index is 1190. The van der Waals surface area contributed by atoms with Gasteiger partial charge in [0.25, 0.3) is 5.91 Å². The maximum Gasteiger partial charge on any atom is 0.251 e. The lowest BCUT2D eigenvalue weighted by atomic mass is 10.0. The minimum Gasteiger partial charge on any atom is -0.349 e. The summed E-state index contributed by atoms with van der Waals surface area (Å²) in [6, 6.07) is 10.4. The van der Waals surface area contributed by atoms with Gasteiger partial charge in [-0.3, -0.25) is 4.79 Å². The Morgan fingerprint density at radius 2 is 2.03 bits per heavy atom. The Hall–Kier alpha value is -3.07. The predicted molar refractivity (Wildman–Crippen MR) is 135 cm³/mol. The van der Waals surface area contributed by atoms with Gasteiger partial charge < -0.3 is 9.88 Å². The van der Waals surface area contributed by atoms with Crippen molar-refractivity contribution in [3.63, 3.8) is 0 Å². The molecule has 8 nitrogen and oxygen atoms in total. The van der Waals surface area contributed by atoms with Crippen molar-refractivity contribution in [2.45, 2.75) is 71.9 Å². The molecule has 0 saturated carbocycles. The molecular formula is C25H33N7OS. The fourth-order valence-electron chi connectivity index (χ4n) is 4.57. The van der Waals surface area contributed by atoms with E-state index in [2.05, 4.69) is 75.7 Å². The Morgan fingerprint density at radius 1 is 1.21 bits per heavy atom. The van der Waals surface area contributed by atoms with Crippen molar-refractivity contribution in [1.82, 2.24) is 35.5 Å². The molecule has 180 valence electrons. The van der Waals surface area contributed by atoms with Crippen LogP contribution in [0.1, 0.15) is 79.9 Å². The Labute approximate surface area is 204 Å². The quantitative estimate of drug-likeness (QED) is 0.317. The van der Waals surface area contributed by atoms with Gasteiger partial charge in [0.2, 0.25) is 0 Å². The van der Waals surface area contributed by atoms with Gasteiger partial charge in [-0.25, -0.2) is 4.98 Å². The summed E-state index contributed by atoms with van der Waals surface area (Å²) in [6.45, 7) is 8.72. The first-order valence-electron chi connectivity index (χ1n) is 12.0. The van der Waals surface area contributed by atoms with Crippen LogP contribution in [0.5, 0.6) is 0 Å². The summed E-state index contributed by atoms with van der Waals surface area (Å²) in [7, 11) is 0. The normalized spacial score (nSPS) is 12.6. The van der Waals surface area contributed by atoms with Crippen LogP contribution in [-0.4, -0.2) is 42.1 Å². The molecule has 0 unspecified atom stereocenters. The van der Waals surface area contributed by atoms with Crippen LogP contribution in [0.2, 0.25) is 0 Å². The Kier molecular flexibility index (Phi) is 7.72. The molecular weight excluding hydrogens is 446 g/mol. The van der Waals surface area contributed by atoms with Crippen molar-refractivity contribution in [3.05, 3.63) is 57.8 Å². The largest absolute Gasteiger partial charge is 0.349 e. The number of H-pyrrole nitrogens is 1. The standard InChI is InChI=1S/C25H33N7OS/c1-5-19(6-2)32-22-10-9-17(13-21(22)27-24(32)15-20-8-7-11-34-20)25(33)26-18(12-16(3)4)14-23-28-30-31-29-23/h7-11,13,16,18-19H,5-6,12,14-15H2,1-4H3,(H,26,33)(H,28,29,30,31)/t18-/m0/s1. The molecule has 0 aliphatic rings. The minimum absolute atomic E-state index is 0.0719. The van der Waals surface area contributed by atoms with Crippen LogP contribution in [0.3, 0.4) is 0 Å². The number of thiophene rings is 1. The van der Waals surface area contributed by atoms with E-state index in [9.17, 15) is 4.79 Å². The number of rotatable bonds is 11. The molecule has 2 N–H and O–H groups in total. The maximum atomic E-state index is 13.2. The summed E-state index contributed by atoms with van der Waals surface area (Å²) < 4.78 is 2.37. The second-order valence-corrected chi connectivity index (χ2v) is 10.2. The van der Waals surface area contributed by atoms with Gasteiger partial charge in [-0.15, -0.1) is 21.5 Å². The van der Waals surface area contributed by atoms with Crippen LogP contribution < -0.4 is 5.32 Å². The van der Waals surface area contributed by atoms with E-state index in [1.807, 2.05) is 18.2 Å². The smallest absolute Gasteiger partial charge is 0.251 e. The third-order valence-electron chi connectivity index (χ3n) is 6.15. The first kappa shape index (κ1) is 24.1. The molecule has 34 heavy (non-hydrogen) atoms. The van der Waals surface area contributed by atoms with Crippen LogP contribution in [0.15, 0.2) is 35.7 Å². The summed E-state index contributed by atoms with van der Waals surface area (Å²) in [5.41, 5.74) is 2.57. The zero-order valence-electron chi connectivity index (χ0n) is 20.3. The molecule has 0 aliphatic heterocycles. The predicted octanol–water partition coefficient (Wildman–Crippen LogP) is 4.95. The fourth-order valence-corrected chi connectivity index (χ4v) is 5.27. The van der Waals surface area contributed by atoms with Crippen molar-refractivity contribution < 1.29 is 4.79 Å². The lowest BCUT2D eigenvalue weighted by Crippen LogP contribution is -2.37. The third kappa shape index (κ3) is 5.52. The van der Waals surface area contributed by atoms with Gasteiger partial charge >= 0.3 is 0 Å². The van der Waals surface area contributed by atoms with Crippen molar-refractivity contribution in [3.8, 4) is 0 Å². The number of carbonyl (C=O) groups is 1. The van der Waals surface area contributed by atoms with E-state index in [0.717, 1.165) is 42.5 Å². The second-order valence-electron chi connectivity index (χ2n) is 9.16. The van der Waals surface area contributed by atoms with Crippen molar-refractivity contribution in [2.75, 3.05) is 0 Å². The van der Waals surface area contributed by atoms with Crippen molar-refractivity contribution in [2.24, 2.45) is 5.92 Å². The zero-order chi connectivity index (χ0) is 24.1. The average molecular weight is 480 g/mol. The number of hydrogen-bond acceptors (Lipinski definition) is 6. The Morgan fingerprint density at radius 3 is 2.68 bits per heavy atom. The van der Waals surface area contributed by atoms with Crippen LogP contribution in [0, 0.1) is 5.92 Å². The van der Waals surface area contributed by atoms with E-state index >= 15 is 0 Å². The lowest BCUT2D eigenvalue weighted by Gasteiger charge is -2.20. The number of tetrazole rings is 1. The molecule has 0 fully saturated rings. The summed E-state index contributed by atoms with van der Waals surface area (Å²) in [4.78, 5) is 19.5. The Balaban J connectivity index is 1.62. The molecule has 0 spiro atoms. The van der Waals surface area contributed by atoms with Crippen LogP contribution in [0.4, 0.5) is 0 Å². The molecule has 1 atom stereocenters. The number of imidazole rings is 1. The molecule has 1 aromatic carbocycles. The van der Waals surface area contributed by atoms with Gasteiger partial charge in [0.1, 0.15) is 5.82 Å². The zero-order valence-corrected chi connectivity index (χ0v) is 21.1. The minimum atomic E-state index is -0.104. The number of fused-ring (bicyclic) bond motifs is 1. The van der Waals surface area contributed by atoms with Gasteiger partial charge in [0.05, 0.1) is 11.0 Å². The molecule has 0 aliphatic carbocycles. The monoisotopic (exact) mass is 479 g/mol. The number of aromatic nitrogens is 6. The first-order chi connectivity index (χ1) is 16.5. The number of nitrogens with one attached hydrogen (secondary N) is 2. The molecule has 4 rings (SSSR count). The molecule has 0 bridgehead atoms. The highest BCUT2D eigenvalue weighted by atomic mass is 32.1. The molecule has 4 aromatic rings. The van der Waals surface area contributed by atoms with Gasteiger partial charge in [0.15, 0.2) is 5.82 Å². The molecule has 3 heterocycles. The molecule has 0 saturated heterocycles. The van der Waals surface area contributed by atoms with Gasteiger partial charge in [-0.2, -0.15) is 5.21 Å². The van der Waals surface area contributed by atoms with Crippen molar-refractivity contribution >= 4 is 28.3 Å². The van der Waals surface area contributed by atoms with Crippen LogP contribution in [0.25, 0.3) is 11.0 Å². The molecule has 0 radical (unpaired) electrons. The van der Waals surface area contributed by atoms with E-state index in [4.69, 9.17) is 4.98 Å². The van der Waals surface area contributed by atoms with Crippen LogP contribution >= 0.6 is 11.3 Å². The first-order valence-corrected chi connectivity index (χ1v) is 12.9. The number of carbonyl (C=O) groups excluding carboxylic acids is 1. The van der Waals surface area contributed by atoms with Gasteiger partial charge in [0, 0.05) is 35.4 Å². The maximum absolute atomic E-state index is 13.2. The van der Waals surface area contributed by atoms with E-state index in [1.54, 1.807) is 11.3 Å². The van der Waals surface area contributed by atoms with Gasteiger partial charge in [-0.1, -0.05) is 39.0 Å². The highest BCUT2D eigenvalue weighted by Gasteiger charge is 2.21. The van der Waals surface area contributed by atoms with E-state index in [1.165, 1.54) is 4.88 Å². The molecule has 3 aromatic heterocycles. The van der Waals surface area contributed by atoms with Gasteiger partial charge in [-0.05, 0) is 54.8 Å². The number of benzene rings is 1. The number of aromatic amines is 1. The van der Waals surface area contributed by atoms with E-state index < -0.39 is 0 Å². The molecule has 1 amide bonds. The van der Waals surface area contributed by atoms with E-state index in [-0.39, 0.29) is 11.9 Å². The fraction of sp³-hybridized carbons (Fsp3) is 0.480. The van der Waals surface area contributed by atoms with Crippen molar-refractivity contribution in [1.29, 1.82) is 0 Å². The average Bonchev–Trinajstić information content (AvgIpc) is 3.56. The lowest BCUT2D eigenvalue weighted by molar-refractivity contribution is 0.0932. The number of nitrogens with zero attached hydrogens (tertiary/aromatic N) is 5. The van der Waals surface area contributed by atoms with E-state index in [0.29, 0.717) is 29.8 Å². The SMILES string of the molecule is CCC(CC)n1c(Cc2cccs2)nc2cc(C(=O)N[C@H](Cc3nn[nH]n3)CC(C)C)ccc21. The highest BCUT2D eigenvalue weighted by Crippen LogP contribution is 2.28. The summed E-state index contributed by atoms with van der Waals surface area (Å²) in [5, 5.41) is 19.5. The summed E-state index contributed by atoms with van der Waals surface area (Å²) >= 11 is 1.75. The number of hydrogen-bond donors (Lipinski definition) is 2. The topological polar surface area (TPSA) is 101 Å². The summed E-state index contributed by atoms with van der Waals surface area (Å²) in [6.07, 6.45) is 4.24. The number of amides is 1. The molecule has 9 heteroatoms. The summed E-state index contributed by atoms with van der Waals surface area (Å²) in [5.74, 6) is 1.98. The highest BCUT2D eigenvalue weighted by molar-refractivity contribution is 7.09. The third-order valence-corrected chi connectivity index (χ3v) is 7.03.